The molecule has 0 bridgehead atoms. The van der Waals surface area contributed by atoms with Crippen LogP contribution in [0.1, 0.15) is 11.1 Å². The van der Waals surface area contributed by atoms with Gasteiger partial charge in [-0.3, -0.25) is 4.98 Å². The van der Waals surface area contributed by atoms with E-state index in [0.29, 0.717) is 6.54 Å². The Balaban J connectivity index is 1.79. The molecule has 0 unspecified atom stereocenters. The summed E-state index contributed by atoms with van der Waals surface area (Å²) >= 11 is 0. The first-order valence-electron chi connectivity index (χ1n) is 6.50. The molecule has 3 aromatic rings. The Morgan fingerprint density at radius 2 is 1.60 bits per heavy atom. The number of aliphatic hydroxyl groups is 1. The van der Waals surface area contributed by atoms with Crippen LogP contribution in [-0.4, -0.2) is 15.1 Å². The van der Waals surface area contributed by atoms with Crippen LogP contribution in [0.3, 0.4) is 0 Å². The zero-order valence-electron chi connectivity index (χ0n) is 11.0. The number of benzene rings is 2. The predicted molar refractivity (Wildman–Crippen MR) is 79.2 cm³/mol. The number of anilines is 1. The van der Waals surface area contributed by atoms with Crippen molar-refractivity contribution in [2.75, 3.05) is 5.32 Å². The molecule has 100 valence electrons. The first kappa shape index (κ1) is 12.6. The van der Waals surface area contributed by atoms with Gasteiger partial charge in [0.25, 0.3) is 0 Å². The van der Waals surface area contributed by atoms with E-state index in [1.54, 1.807) is 6.20 Å². The number of nitrogens with one attached hydrogen (secondary N) is 1. The van der Waals surface area contributed by atoms with Crippen LogP contribution in [0, 0.1) is 0 Å². The van der Waals surface area contributed by atoms with Gasteiger partial charge in [-0.15, -0.1) is 0 Å². The minimum absolute atomic E-state index is 0.0429. The van der Waals surface area contributed by atoms with E-state index in [1.807, 2.05) is 48.5 Å². The van der Waals surface area contributed by atoms with Crippen molar-refractivity contribution in [1.82, 2.24) is 9.97 Å². The monoisotopic (exact) mass is 265 g/mol. The van der Waals surface area contributed by atoms with E-state index in [9.17, 15) is 5.11 Å². The van der Waals surface area contributed by atoms with Gasteiger partial charge in [-0.25, -0.2) is 4.98 Å². The highest BCUT2D eigenvalue weighted by atomic mass is 16.3. The summed E-state index contributed by atoms with van der Waals surface area (Å²) in [7, 11) is 0. The lowest BCUT2D eigenvalue weighted by Gasteiger charge is -2.09. The average Bonchev–Trinajstić information content (AvgIpc) is 2.53. The highest BCUT2D eigenvalue weighted by Crippen LogP contribution is 2.14. The molecule has 20 heavy (non-hydrogen) atoms. The quantitative estimate of drug-likeness (QED) is 0.761. The van der Waals surface area contributed by atoms with Gasteiger partial charge in [0, 0.05) is 6.54 Å². The van der Waals surface area contributed by atoms with Crippen LogP contribution in [0.2, 0.25) is 0 Å². The van der Waals surface area contributed by atoms with E-state index < -0.39 is 0 Å². The zero-order chi connectivity index (χ0) is 13.8. The molecule has 0 aliphatic heterocycles. The minimum Gasteiger partial charge on any atom is -0.392 e. The van der Waals surface area contributed by atoms with E-state index >= 15 is 0 Å². The lowest BCUT2D eigenvalue weighted by atomic mass is 10.1. The van der Waals surface area contributed by atoms with Crippen molar-refractivity contribution < 1.29 is 5.11 Å². The summed E-state index contributed by atoms with van der Waals surface area (Å²) in [6.07, 6.45) is 1.73. The molecule has 0 radical (unpaired) electrons. The molecule has 1 aromatic heterocycles. The fraction of sp³-hybridized carbons (Fsp3) is 0.125. The maximum absolute atomic E-state index is 9.30. The van der Waals surface area contributed by atoms with Gasteiger partial charge < -0.3 is 10.4 Å². The third-order valence-corrected chi connectivity index (χ3v) is 3.20. The number of hydrogen-bond acceptors (Lipinski definition) is 4. The van der Waals surface area contributed by atoms with Gasteiger partial charge in [-0.05, 0) is 23.3 Å². The molecule has 0 spiro atoms. The molecule has 0 aliphatic rings. The first-order chi connectivity index (χ1) is 9.86. The van der Waals surface area contributed by atoms with Crippen LogP contribution in [0.25, 0.3) is 11.0 Å². The minimum atomic E-state index is 0.0429. The summed E-state index contributed by atoms with van der Waals surface area (Å²) in [5.74, 6) is 0.733. The number of rotatable bonds is 4. The van der Waals surface area contributed by atoms with E-state index in [1.165, 1.54) is 0 Å². The third kappa shape index (κ3) is 2.60. The Hall–Kier alpha value is -2.46. The molecule has 2 aromatic carbocycles. The van der Waals surface area contributed by atoms with Crippen LogP contribution in [0.15, 0.2) is 54.7 Å². The lowest BCUT2D eigenvalue weighted by Crippen LogP contribution is -2.04. The largest absolute Gasteiger partial charge is 0.392 e. The van der Waals surface area contributed by atoms with Crippen molar-refractivity contribution in [3.63, 3.8) is 0 Å². The SMILES string of the molecule is OCc1ccccc1CNc1cnc2ccccc2n1. The summed E-state index contributed by atoms with van der Waals surface area (Å²) in [6, 6.07) is 15.6. The Morgan fingerprint density at radius 1 is 0.900 bits per heavy atom. The molecule has 0 saturated heterocycles. The van der Waals surface area contributed by atoms with Gasteiger partial charge in [0.2, 0.25) is 0 Å². The van der Waals surface area contributed by atoms with Gasteiger partial charge in [-0.1, -0.05) is 36.4 Å². The molecule has 2 N–H and O–H groups in total. The fourth-order valence-corrected chi connectivity index (χ4v) is 2.11. The molecule has 1 heterocycles. The number of hydrogen-bond donors (Lipinski definition) is 2. The van der Waals surface area contributed by atoms with Crippen LogP contribution >= 0.6 is 0 Å². The summed E-state index contributed by atoms with van der Waals surface area (Å²) in [5, 5.41) is 12.5. The molecule has 3 rings (SSSR count). The molecule has 0 saturated carbocycles. The van der Waals surface area contributed by atoms with Crippen molar-refractivity contribution >= 4 is 16.9 Å². The number of fused-ring (bicyclic) bond motifs is 1. The zero-order valence-corrected chi connectivity index (χ0v) is 11.0. The summed E-state index contributed by atoms with van der Waals surface area (Å²) in [6.45, 7) is 0.658. The Bertz CT molecular complexity index is 727. The Kier molecular flexibility index (Phi) is 3.56. The summed E-state index contributed by atoms with van der Waals surface area (Å²) in [5.41, 5.74) is 3.74. The first-order valence-corrected chi connectivity index (χ1v) is 6.50. The van der Waals surface area contributed by atoms with E-state index in [0.717, 1.165) is 28.0 Å². The number of aromatic nitrogens is 2. The molecule has 0 aliphatic carbocycles. The highest BCUT2D eigenvalue weighted by Gasteiger charge is 2.02. The summed E-state index contributed by atoms with van der Waals surface area (Å²) < 4.78 is 0. The van der Waals surface area contributed by atoms with E-state index in [2.05, 4.69) is 15.3 Å². The van der Waals surface area contributed by atoms with Gasteiger partial charge >= 0.3 is 0 Å². The van der Waals surface area contributed by atoms with Crippen molar-refractivity contribution in [3.8, 4) is 0 Å². The summed E-state index contributed by atoms with van der Waals surface area (Å²) in [4.78, 5) is 8.87. The van der Waals surface area contributed by atoms with Crippen molar-refractivity contribution in [2.24, 2.45) is 0 Å². The Morgan fingerprint density at radius 3 is 2.40 bits per heavy atom. The molecule has 4 nitrogen and oxygen atoms in total. The number of para-hydroxylation sites is 2. The van der Waals surface area contributed by atoms with Gasteiger partial charge in [-0.2, -0.15) is 0 Å². The molecule has 0 atom stereocenters. The van der Waals surface area contributed by atoms with Gasteiger partial charge in [0.1, 0.15) is 5.82 Å². The van der Waals surface area contributed by atoms with E-state index in [-0.39, 0.29) is 6.61 Å². The lowest BCUT2D eigenvalue weighted by molar-refractivity contribution is 0.280. The molecular weight excluding hydrogens is 250 g/mol. The maximum atomic E-state index is 9.30. The van der Waals surface area contributed by atoms with Crippen LogP contribution in [0.4, 0.5) is 5.82 Å². The molecule has 0 fully saturated rings. The second kappa shape index (κ2) is 5.67. The predicted octanol–water partition coefficient (Wildman–Crippen LogP) is 2.73. The number of nitrogens with zero attached hydrogens (tertiary/aromatic N) is 2. The van der Waals surface area contributed by atoms with Gasteiger partial charge in [0.05, 0.1) is 23.8 Å². The van der Waals surface area contributed by atoms with E-state index in [4.69, 9.17) is 0 Å². The van der Waals surface area contributed by atoms with Crippen molar-refractivity contribution in [2.45, 2.75) is 13.2 Å². The molecule has 4 heteroatoms. The third-order valence-electron chi connectivity index (χ3n) is 3.20. The molecule has 0 amide bonds. The van der Waals surface area contributed by atoms with Crippen molar-refractivity contribution in [1.29, 1.82) is 0 Å². The topological polar surface area (TPSA) is 58.0 Å². The molecular formula is C16H15N3O. The second-order valence-electron chi connectivity index (χ2n) is 4.52. The second-order valence-corrected chi connectivity index (χ2v) is 4.52. The highest BCUT2D eigenvalue weighted by molar-refractivity contribution is 5.75. The normalized spacial score (nSPS) is 10.7. The van der Waals surface area contributed by atoms with Crippen LogP contribution in [-0.2, 0) is 13.2 Å². The maximum Gasteiger partial charge on any atom is 0.145 e. The number of aliphatic hydroxyl groups excluding tert-OH is 1. The van der Waals surface area contributed by atoms with Gasteiger partial charge in [0.15, 0.2) is 0 Å². The fourth-order valence-electron chi connectivity index (χ4n) is 2.11. The van der Waals surface area contributed by atoms with Crippen LogP contribution < -0.4 is 5.32 Å². The standard InChI is InChI=1S/C16H15N3O/c20-11-13-6-2-1-5-12(13)9-18-16-10-17-14-7-3-4-8-15(14)19-16/h1-8,10,20H,9,11H2,(H,18,19). The Labute approximate surface area is 117 Å². The van der Waals surface area contributed by atoms with Crippen LogP contribution in [0.5, 0.6) is 0 Å². The smallest absolute Gasteiger partial charge is 0.145 e. The average molecular weight is 265 g/mol. The van der Waals surface area contributed by atoms with Crippen molar-refractivity contribution in [3.05, 3.63) is 65.9 Å².